The van der Waals surface area contributed by atoms with Gasteiger partial charge in [0.2, 0.25) is 0 Å². The molecule has 0 bridgehead atoms. The van der Waals surface area contributed by atoms with Crippen LogP contribution in [0.3, 0.4) is 0 Å². The lowest BCUT2D eigenvalue weighted by Gasteiger charge is -2.43. The summed E-state index contributed by atoms with van der Waals surface area (Å²) in [5.41, 5.74) is 0. The van der Waals surface area contributed by atoms with Crippen LogP contribution < -0.4 is 5.32 Å². The molecule has 1 aliphatic rings. The predicted octanol–water partition coefficient (Wildman–Crippen LogP) is 4.45. The summed E-state index contributed by atoms with van der Waals surface area (Å²) in [5.74, 6) is 0.959. The zero-order valence-corrected chi connectivity index (χ0v) is 14.5. The van der Waals surface area contributed by atoms with Gasteiger partial charge in [0.15, 0.2) is 0 Å². The molecule has 3 atom stereocenters. The standard InChI is InChI=1S/C18H38N2/c1-5-9-13-20(14-10-6-2)18-15-16(7-3)11-12-17(18)19-8-4/h16-19H,5-15H2,1-4H3. The smallest absolute Gasteiger partial charge is 0.0251 e. The molecule has 2 nitrogen and oxygen atoms in total. The van der Waals surface area contributed by atoms with Crippen LogP contribution in [0.1, 0.15) is 79.1 Å². The zero-order chi connectivity index (χ0) is 14.8. The first kappa shape index (κ1) is 18.0. The first-order valence-corrected chi connectivity index (χ1v) is 9.24. The molecule has 0 aliphatic heterocycles. The van der Waals surface area contributed by atoms with Gasteiger partial charge >= 0.3 is 0 Å². The van der Waals surface area contributed by atoms with Crippen LogP contribution in [0, 0.1) is 5.92 Å². The third kappa shape index (κ3) is 5.73. The Morgan fingerprint density at radius 1 is 0.950 bits per heavy atom. The van der Waals surface area contributed by atoms with Crippen molar-refractivity contribution >= 4 is 0 Å². The molecule has 0 aromatic heterocycles. The molecule has 120 valence electrons. The lowest BCUT2D eigenvalue weighted by atomic mass is 9.80. The van der Waals surface area contributed by atoms with E-state index in [0.29, 0.717) is 0 Å². The average molecular weight is 283 g/mol. The van der Waals surface area contributed by atoms with Gasteiger partial charge in [0.05, 0.1) is 0 Å². The SMILES string of the molecule is CCCCN(CCCC)C1CC(CC)CCC1NCC. The van der Waals surface area contributed by atoms with Gasteiger partial charge in [-0.1, -0.05) is 47.0 Å². The van der Waals surface area contributed by atoms with E-state index < -0.39 is 0 Å². The Morgan fingerprint density at radius 2 is 1.60 bits per heavy atom. The van der Waals surface area contributed by atoms with E-state index in [1.807, 2.05) is 0 Å². The molecule has 0 saturated heterocycles. The summed E-state index contributed by atoms with van der Waals surface area (Å²) < 4.78 is 0. The molecule has 0 heterocycles. The zero-order valence-electron chi connectivity index (χ0n) is 14.5. The maximum Gasteiger partial charge on any atom is 0.0251 e. The average Bonchev–Trinajstić information content (AvgIpc) is 2.48. The highest BCUT2D eigenvalue weighted by Gasteiger charge is 2.32. The minimum atomic E-state index is 0.733. The Balaban J connectivity index is 2.67. The van der Waals surface area contributed by atoms with Crippen LogP contribution in [0.15, 0.2) is 0 Å². The van der Waals surface area contributed by atoms with Crippen molar-refractivity contribution in [2.24, 2.45) is 5.92 Å². The molecule has 1 saturated carbocycles. The van der Waals surface area contributed by atoms with Crippen molar-refractivity contribution in [2.45, 2.75) is 91.1 Å². The van der Waals surface area contributed by atoms with Crippen molar-refractivity contribution < 1.29 is 0 Å². The topological polar surface area (TPSA) is 15.3 Å². The van der Waals surface area contributed by atoms with E-state index in [9.17, 15) is 0 Å². The van der Waals surface area contributed by atoms with E-state index in [1.165, 1.54) is 64.5 Å². The second-order valence-electron chi connectivity index (χ2n) is 6.56. The molecule has 0 aromatic rings. The van der Waals surface area contributed by atoms with Crippen LogP contribution in [0.2, 0.25) is 0 Å². The number of rotatable bonds is 10. The van der Waals surface area contributed by atoms with Gasteiger partial charge in [-0.3, -0.25) is 4.90 Å². The molecule has 0 radical (unpaired) electrons. The van der Waals surface area contributed by atoms with Gasteiger partial charge < -0.3 is 5.32 Å². The molecule has 1 aliphatic carbocycles. The fourth-order valence-corrected chi connectivity index (χ4v) is 3.67. The molecular formula is C18H38N2. The maximum atomic E-state index is 3.77. The lowest BCUT2D eigenvalue weighted by Crippen LogP contribution is -2.53. The highest BCUT2D eigenvalue weighted by atomic mass is 15.2. The fourth-order valence-electron chi connectivity index (χ4n) is 3.67. The second kappa shape index (κ2) is 10.6. The monoisotopic (exact) mass is 282 g/mol. The maximum absolute atomic E-state index is 3.77. The van der Waals surface area contributed by atoms with Gasteiger partial charge in [-0.25, -0.2) is 0 Å². The van der Waals surface area contributed by atoms with Gasteiger partial charge in [-0.2, -0.15) is 0 Å². The van der Waals surface area contributed by atoms with Crippen molar-refractivity contribution in [3.63, 3.8) is 0 Å². The Kier molecular flexibility index (Phi) is 9.54. The normalized spacial score (nSPS) is 27.1. The van der Waals surface area contributed by atoms with Crippen LogP contribution >= 0.6 is 0 Å². The molecule has 3 unspecified atom stereocenters. The Morgan fingerprint density at radius 3 is 2.10 bits per heavy atom. The molecule has 2 heteroatoms. The summed E-state index contributed by atoms with van der Waals surface area (Å²) in [7, 11) is 0. The molecule has 0 amide bonds. The van der Waals surface area contributed by atoms with Crippen LogP contribution in [-0.2, 0) is 0 Å². The highest BCUT2D eigenvalue weighted by Crippen LogP contribution is 2.30. The Hall–Kier alpha value is -0.0800. The molecule has 20 heavy (non-hydrogen) atoms. The number of hydrogen-bond donors (Lipinski definition) is 1. The summed E-state index contributed by atoms with van der Waals surface area (Å²) >= 11 is 0. The highest BCUT2D eigenvalue weighted by molar-refractivity contribution is 4.91. The Labute approximate surface area is 127 Å². The van der Waals surface area contributed by atoms with Gasteiger partial charge in [0.1, 0.15) is 0 Å². The van der Waals surface area contributed by atoms with Crippen LogP contribution in [0.25, 0.3) is 0 Å². The van der Waals surface area contributed by atoms with E-state index in [0.717, 1.165) is 24.5 Å². The van der Waals surface area contributed by atoms with Crippen molar-refractivity contribution in [2.75, 3.05) is 19.6 Å². The minimum absolute atomic E-state index is 0.733. The van der Waals surface area contributed by atoms with Crippen molar-refractivity contribution in [1.29, 1.82) is 0 Å². The second-order valence-corrected chi connectivity index (χ2v) is 6.56. The van der Waals surface area contributed by atoms with E-state index in [4.69, 9.17) is 0 Å². The molecule has 0 aromatic carbocycles. The molecule has 1 fully saturated rings. The predicted molar refractivity (Wildman–Crippen MR) is 90.3 cm³/mol. The number of nitrogens with one attached hydrogen (secondary N) is 1. The first-order chi connectivity index (χ1) is 9.76. The van der Waals surface area contributed by atoms with Gasteiger partial charge in [0.25, 0.3) is 0 Å². The van der Waals surface area contributed by atoms with Gasteiger partial charge in [-0.05, 0) is 57.7 Å². The molecule has 1 rings (SSSR count). The van der Waals surface area contributed by atoms with Gasteiger partial charge in [0, 0.05) is 12.1 Å². The van der Waals surface area contributed by atoms with E-state index in [2.05, 4.69) is 37.9 Å². The molecule has 1 N–H and O–H groups in total. The summed E-state index contributed by atoms with van der Waals surface area (Å²) in [5, 5.41) is 3.77. The van der Waals surface area contributed by atoms with E-state index in [-0.39, 0.29) is 0 Å². The van der Waals surface area contributed by atoms with Crippen molar-refractivity contribution in [1.82, 2.24) is 10.2 Å². The summed E-state index contributed by atoms with van der Waals surface area (Å²) in [6.45, 7) is 13.0. The Bertz CT molecular complexity index is 221. The number of unbranched alkanes of at least 4 members (excludes halogenated alkanes) is 2. The quantitative estimate of drug-likeness (QED) is 0.637. The number of hydrogen-bond acceptors (Lipinski definition) is 2. The van der Waals surface area contributed by atoms with Crippen LogP contribution in [0.5, 0.6) is 0 Å². The number of nitrogens with zero attached hydrogens (tertiary/aromatic N) is 1. The van der Waals surface area contributed by atoms with Gasteiger partial charge in [-0.15, -0.1) is 0 Å². The van der Waals surface area contributed by atoms with Crippen molar-refractivity contribution in [3.05, 3.63) is 0 Å². The fraction of sp³-hybridized carbons (Fsp3) is 1.00. The molecule has 0 spiro atoms. The summed E-state index contributed by atoms with van der Waals surface area (Å²) in [6.07, 6.45) is 10.9. The third-order valence-corrected chi connectivity index (χ3v) is 5.04. The first-order valence-electron chi connectivity index (χ1n) is 9.24. The summed E-state index contributed by atoms with van der Waals surface area (Å²) in [4.78, 5) is 2.82. The van der Waals surface area contributed by atoms with E-state index in [1.54, 1.807) is 0 Å². The minimum Gasteiger partial charge on any atom is -0.313 e. The third-order valence-electron chi connectivity index (χ3n) is 5.04. The lowest BCUT2D eigenvalue weighted by molar-refractivity contribution is 0.0930. The largest absolute Gasteiger partial charge is 0.313 e. The van der Waals surface area contributed by atoms with E-state index >= 15 is 0 Å². The van der Waals surface area contributed by atoms with Crippen molar-refractivity contribution in [3.8, 4) is 0 Å². The summed E-state index contributed by atoms with van der Waals surface area (Å²) in [6, 6.07) is 1.52. The number of likely N-dealkylation sites (N-methyl/N-ethyl adjacent to an activating group) is 1. The van der Waals surface area contributed by atoms with Crippen LogP contribution in [0.4, 0.5) is 0 Å². The molecular weight excluding hydrogens is 244 g/mol. The van der Waals surface area contributed by atoms with Crippen LogP contribution in [-0.4, -0.2) is 36.6 Å².